The first-order chi connectivity index (χ1) is 8.24. The third-order valence-electron chi connectivity index (χ3n) is 4.27. The largest absolute Gasteiger partial charge is 0.311 e. The van der Waals surface area contributed by atoms with Gasteiger partial charge in [0.05, 0.1) is 0 Å². The molecule has 0 aliphatic carbocycles. The maximum Gasteiger partial charge on any atom is 0.0244 e. The molecule has 0 amide bonds. The fourth-order valence-electron chi connectivity index (χ4n) is 2.97. The summed E-state index contributed by atoms with van der Waals surface area (Å²) in [5.41, 5.74) is 0.393. The number of nitrogens with zero attached hydrogens (tertiary/aromatic N) is 1. The van der Waals surface area contributed by atoms with Crippen molar-refractivity contribution in [2.45, 2.75) is 67.0 Å². The molecule has 0 saturated carbocycles. The molecular weight excluding hydrogens is 220 g/mol. The zero-order valence-corrected chi connectivity index (χ0v) is 13.6. The second kappa shape index (κ2) is 6.38. The molecule has 1 N–H and O–H groups in total. The minimum Gasteiger partial charge on any atom is -0.311 e. The first-order valence-electron chi connectivity index (χ1n) is 7.72. The molecule has 108 valence electrons. The maximum atomic E-state index is 3.78. The van der Waals surface area contributed by atoms with E-state index in [-0.39, 0.29) is 0 Å². The molecule has 0 aromatic heterocycles. The molecule has 18 heavy (non-hydrogen) atoms. The van der Waals surface area contributed by atoms with Gasteiger partial charge in [-0.15, -0.1) is 0 Å². The lowest BCUT2D eigenvalue weighted by Gasteiger charge is -2.46. The average molecular weight is 254 g/mol. The van der Waals surface area contributed by atoms with Gasteiger partial charge in [-0.25, -0.2) is 0 Å². The first-order valence-corrected chi connectivity index (χ1v) is 7.72. The van der Waals surface area contributed by atoms with Gasteiger partial charge in [-0.3, -0.25) is 4.90 Å². The van der Waals surface area contributed by atoms with Crippen molar-refractivity contribution in [1.82, 2.24) is 10.2 Å². The highest BCUT2D eigenvalue weighted by Gasteiger charge is 2.33. The normalized spacial score (nSPS) is 28.7. The molecule has 0 bridgehead atoms. The fourth-order valence-corrected chi connectivity index (χ4v) is 2.97. The second-order valence-corrected chi connectivity index (χ2v) is 7.70. The van der Waals surface area contributed by atoms with Gasteiger partial charge in [0.2, 0.25) is 0 Å². The van der Waals surface area contributed by atoms with Gasteiger partial charge in [-0.2, -0.15) is 0 Å². The van der Waals surface area contributed by atoms with E-state index in [1.165, 1.54) is 19.5 Å². The van der Waals surface area contributed by atoms with E-state index in [0.717, 1.165) is 18.4 Å². The van der Waals surface area contributed by atoms with Crippen LogP contribution in [0.1, 0.15) is 54.9 Å². The van der Waals surface area contributed by atoms with Crippen molar-refractivity contribution in [3.05, 3.63) is 0 Å². The molecule has 0 aromatic carbocycles. The Morgan fingerprint density at radius 1 is 1.22 bits per heavy atom. The third-order valence-corrected chi connectivity index (χ3v) is 4.27. The van der Waals surface area contributed by atoms with Gasteiger partial charge in [0, 0.05) is 31.7 Å². The van der Waals surface area contributed by atoms with Crippen LogP contribution in [0, 0.1) is 17.3 Å². The third kappa shape index (κ3) is 4.55. The standard InChI is InChI=1S/C16H34N2/c1-8-13(4)14-10-18(11-16(5,6)7)15(9-17-14)12(2)3/h12-15,17H,8-11H2,1-7H3. The predicted octanol–water partition coefficient (Wildman–Crippen LogP) is 3.38. The summed E-state index contributed by atoms with van der Waals surface area (Å²) in [5, 5.41) is 3.78. The minimum atomic E-state index is 0.393. The smallest absolute Gasteiger partial charge is 0.0244 e. The van der Waals surface area contributed by atoms with E-state index in [9.17, 15) is 0 Å². The molecule has 1 heterocycles. The molecule has 0 radical (unpaired) electrons. The molecule has 1 aliphatic heterocycles. The average Bonchev–Trinajstić information content (AvgIpc) is 2.25. The lowest BCUT2D eigenvalue weighted by atomic mass is 9.88. The van der Waals surface area contributed by atoms with Crippen LogP contribution in [0.25, 0.3) is 0 Å². The quantitative estimate of drug-likeness (QED) is 0.827. The van der Waals surface area contributed by atoms with E-state index in [0.29, 0.717) is 17.5 Å². The Hall–Kier alpha value is -0.0800. The van der Waals surface area contributed by atoms with Crippen LogP contribution in [0.15, 0.2) is 0 Å². The number of rotatable bonds is 4. The van der Waals surface area contributed by atoms with Crippen molar-refractivity contribution in [1.29, 1.82) is 0 Å². The van der Waals surface area contributed by atoms with Gasteiger partial charge in [-0.1, -0.05) is 54.9 Å². The Morgan fingerprint density at radius 3 is 2.28 bits per heavy atom. The summed E-state index contributed by atoms with van der Waals surface area (Å²) in [6.45, 7) is 20.0. The lowest BCUT2D eigenvalue weighted by Crippen LogP contribution is -2.61. The molecule has 3 atom stereocenters. The Labute approximate surface area is 115 Å². The molecule has 1 fully saturated rings. The molecule has 2 heteroatoms. The van der Waals surface area contributed by atoms with Crippen LogP contribution >= 0.6 is 0 Å². The highest BCUT2D eigenvalue weighted by Crippen LogP contribution is 2.24. The zero-order chi connectivity index (χ0) is 13.9. The van der Waals surface area contributed by atoms with E-state index in [4.69, 9.17) is 0 Å². The summed E-state index contributed by atoms with van der Waals surface area (Å²) in [6, 6.07) is 1.37. The molecule has 2 nitrogen and oxygen atoms in total. The first kappa shape index (κ1) is 16.0. The van der Waals surface area contributed by atoms with Crippen molar-refractivity contribution in [3.8, 4) is 0 Å². The molecule has 0 aromatic rings. The number of hydrogen-bond donors (Lipinski definition) is 1. The van der Waals surface area contributed by atoms with Crippen LogP contribution in [0.2, 0.25) is 0 Å². The molecule has 1 saturated heterocycles. The summed E-state index contributed by atoms with van der Waals surface area (Å²) in [6.07, 6.45) is 1.27. The SMILES string of the molecule is CCC(C)C1CN(CC(C)(C)C)C(C(C)C)CN1. The topological polar surface area (TPSA) is 15.3 Å². The molecule has 1 rings (SSSR count). The Balaban J connectivity index is 2.70. The number of piperazine rings is 1. The highest BCUT2D eigenvalue weighted by molar-refractivity contribution is 4.91. The van der Waals surface area contributed by atoms with Gasteiger partial charge < -0.3 is 5.32 Å². The van der Waals surface area contributed by atoms with Gasteiger partial charge in [-0.05, 0) is 17.3 Å². The van der Waals surface area contributed by atoms with E-state index >= 15 is 0 Å². The van der Waals surface area contributed by atoms with E-state index < -0.39 is 0 Å². The minimum absolute atomic E-state index is 0.393. The van der Waals surface area contributed by atoms with Gasteiger partial charge >= 0.3 is 0 Å². The second-order valence-electron chi connectivity index (χ2n) is 7.70. The van der Waals surface area contributed by atoms with Crippen LogP contribution in [0.5, 0.6) is 0 Å². The van der Waals surface area contributed by atoms with Crippen LogP contribution in [-0.2, 0) is 0 Å². The van der Waals surface area contributed by atoms with Crippen molar-refractivity contribution in [2.75, 3.05) is 19.6 Å². The summed E-state index contributed by atoms with van der Waals surface area (Å²) in [5.74, 6) is 1.51. The molecular formula is C16H34N2. The van der Waals surface area contributed by atoms with Gasteiger partial charge in [0.15, 0.2) is 0 Å². The van der Waals surface area contributed by atoms with Crippen molar-refractivity contribution in [2.24, 2.45) is 17.3 Å². The van der Waals surface area contributed by atoms with Gasteiger partial charge in [0.1, 0.15) is 0 Å². The van der Waals surface area contributed by atoms with Crippen LogP contribution in [0.3, 0.4) is 0 Å². The van der Waals surface area contributed by atoms with Crippen molar-refractivity contribution < 1.29 is 0 Å². The Kier molecular flexibility index (Phi) is 5.67. The zero-order valence-electron chi connectivity index (χ0n) is 13.6. The summed E-state index contributed by atoms with van der Waals surface area (Å²) < 4.78 is 0. The fraction of sp³-hybridized carbons (Fsp3) is 1.00. The number of nitrogens with one attached hydrogen (secondary N) is 1. The summed E-state index contributed by atoms with van der Waals surface area (Å²) in [7, 11) is 0. The van der Waals surface area contributed by atoms with E-state index in [2.05, 4.69) is 58.7 Å². The van der Waals surface area contributed by atoms with Crippen LogP contribution in [-0.4, -0.2) is 36.6 Å². The predicted molar refractivity (Wildman–Crippen MR) is 80.9 cm³/mol. The Morgan fingerprint density at radius 2 is 1.83 bits per heavy atom. The van der Waals surface area contributed by atoms with E-state index in [1.807, 2.05) is 0 Å². The monoisotopic (exact) mass is 254 g/mol. The highest BCUT2D eigenvalue weighted by atomic mass is 15.2. The summed E-state index contributed by atoms with van der Waals surface area (Å²) >= 11 is 0. The molecule has 0 spiro atoms. The van der Waals surface area contributed by atoms with Crippen molar-refractivity contribution in [3.63, 3.8) is 0 Å². The van der Waals surface area contributed by atoms with Gasteiger partial charge in [0.25, 0.3) is 0 Å². The van der Waals surface area contributed by atoms with Crippen molar-refractivity contribution >= 4 is 0 Å². The van der Waals surface area contributed by atoms with E-state index in [1.54, 1.807) is 0 Å². The molecule has 3 unspecified atom stereocenters. The maximum absolute atomic E-state index is 3.78. The van der Waals surface area contributed by atoms with Crippen LogP contribution < -0.4 is 5.32 Å². The van der Waals surface area contributed by atoms with Crippen LogP contribution in [0.4, 0.5) is 0 Å². The molecule has 1 aliphatic rings. The summed E-state index contributed by atoms with van der Waals surface area (Å²) in [4.78, 5) is 2.73. The lowest BCUT2D eigenvalue weighted by molar-refractivity contribution is 0.0532. The number of hydrogen-bond acceptors (Lipinski definition) is 2. The Bertz CT molecular complexity index is 242.